The minimum absolute atomic E-state index is 0.0405. The molecule has 2 saturated carbocycles. The van der Waals surface area contributed by atoms with Crippen molar-refractivity contribution in [3.63, 3.8) is 0 Å². The quantitative estimate of drug-likeness (QED) is 0.0766. The largest absolute Gasteiger partial charge is 0.348 e. The Morgan fingerprint density at radius 2 is 1.08 bits per heavy atom. The number of pyridine rings is 4. The zero-order valence-electron chi connectivity index (χ0n) is 45.8. The van der Waals surface area contributed by atoms with Gasteiger partial charge in [0.05, 0.1) is 52.1 Å². The molecule has 6 aromatic rings. The van der Waals surface area contributed by atoms with Crippen LogP contribution in [-0.4, -0.2) is 73.5 Å². The fraction of sp³-hybridized carbons (Fsp3) is 0.552. The smallest absolute Gasteiger partial charge is 0.253 e. The second-order valence-electron chi connectivity index (χ2n) is 24.5. The first-order valence-corrected chi connectivity index (χ1v) is 26.9. The van der Waals surface area contributed by atoms with Gasteiger partial charge in [-0.1, -0.05) is 31.8 Å². The first-order valence-electron chi connectivity index (χ1n) is 26.9. The van der Waals surface area contributed by atoms with Crippen molar-refractivity contribution in [1.82, 2.24) is 60.8 Å². The molecule has 394 valence electrons. The summed E-state index contributed by atoms with van der Waals surface area (Å²) < 4.78 is 4.07. The topological polar surface area (TPSA) is 209 Å². The molecule has 0 bridgehead atoms. The van der Waals surface area contributed by atoms with Gasteiger partial charge in [-0.15, -0.1) is 0 Å². The predicted molar refractivity (Wildman–Crippen MR) is 293 cm³/mol. The summed E-state index contributed by atoms with van der Waals surface area (Å²) in [4.78, 5) is 68.2. The van der Waals surface area contributed by atoms with Crippen molar-refractivity contribution in [3.8, 4) is 0 Å². The van der Waals surface area contributed by atoms with Crippen LogP contribution in [0.2, 0.25) is 0 Å². The molecule has 10 rings (SSSR count). The van der Waals surface area contributed by atoms with Gasteiger partial charge in [0.1, 0.15) is 0 Å². The number of nitrogens with zero attached hydrogens (tertiary/aromatic N) is 6. The van der Waals surface area contributed by atoms with Crippen LogP contribution in [0.25, 0.3) is 27.6 Å². The van der Waals surface area contributed by atoms with E-state index in [2.05, 4.69) is 97.4 Å². The maximum absolute atomic E-state index is 13.6. The lowest BCUT2D eigenvalue weighted by Crippen LogP contribution is -2.57. The molecule has 2 amide bonds. The van der Waals surface area contributed by atoms with E-state index in [0.717, 1.165) is 106 Å². The molecule has 1 saturated heterocycles. The zero-order chi connectivity index (χ0) is 53.1. The Morgan fingerprint density at radius 3 is 1.54 bits per heavy atom. The van der Waals surface area contributed by atoms with E-state index in [1.54, 1.807) is 12.4 Å². The first-order chi connectivity index (χ1) is 34.8. The number of aromatic amines is 2. The average Bonchev–Trinajstić information content (AvgIpc) is 4.14. The van der Waals surface area contributed by atoms with Gasteiger partial charge in [-0.2, -0.15) is 10.2 Å². The standard InChI is InChI=1S/C29H40N6O2.C29H38N6O2/c2*1-17-11-18(2)32-27(37)22(17)15-30-26(36)21-12-24(19-13-28(3,4)34-29(5,6)14-19)33-25-23(21)16-31-35(25)20-9-7-8-10-20/h11-12,16,19-20,34H,7-10,13-15H2,1-6H3,(H,30,36)(H,32,37);11-13,16,20,34H,7-10,14-15H2,1-6H3,(H,30,36)(H,32,37). The van der Waals surface area contributed by atoms with E-state index in [-0.39, 0.29) is 64.1 Å². The fourth-order valence-corrected chi connectivity index (χ4v) is 13.0. The second kappa shape index (κ2) is 20.1. The summed E-state index contributed by atoms with van der Waals surface area (Å²) >= 11 is 0. The summed E-state index contributed by atoms with van der Waals surface area (Å²) in [7, 11) is 0. The van der Waals surface area contributed by atoms with Gasteiger partial charge in [0, 0.05) is 69.4 Å². The van der Waals surface area contributed by atoms with E-state index in [4.69, 9.17) is 20.2 Å². The Bertz CT molecular complexity index is 3270. The Labute approximate surface area is 434 Å². The SMILES string of the molecule is Cc1cc(C)c(CNC(=O)c2cc(C3=CC(C)(C)NC(C)(C)C3)nc3c2cnn3C2CCCC2)c(=O)[nH]1.Cc1cc(C)c(CNC(=O)c2cc(C3CC(C)(C)NC(C)(C)C3)nc3c2cnn3C2CCCC2)c(=O)[nH]1. The van der Waals surface area contributed by atoms with Crippen molar-refractivity contribution in [2.45, 2.75) is 207 Å². The summed E-state index contributed by atoms with van der Waals surface area (Å²) in [6.07, 6.45) is 17.5. The molecule has 0 atom stereocenters. The number of carbonyl (C=O) groups excluding carboxylic acids is 2. The lowest BCUT2D eigenvalue weighted by molar-refractivity contribution is 0.0944. The van der Waals surface area contributed by atoms with Crippen LogP contribution >= 0.6 is 0 Å². The molecular weight excluding hydrogens is 929 g/mol. The third kappa shape index (κ3) is 11.4. The molecule has 16 heteroatoms. The van der Waals surface area contributed by atoms with Crippen LogP contribution in [-0.2, 0) is 13.1 Å². The lowest BCUT2D eigenvalue weighted by atomic mass is 9.74. The summed E-state index contributed by atoms with van der Waals surface area (Å²) in [5, 5.41) is 24.4. The Hall–Kier alpha value is -6.26. The van der Waals surface area contributed by atoms with Crippen LogP contribution in [0, 0.1) is 27.7 Å². The number of piperidine rings is 1. The number of H-pyrrole nitrogens is 2. The van der Waals surface area contributed by atoms with Gasteiger partial charge in [-0.3, -0.25) is 19.2 Å². The number of hydrogen-bond donors (Lipinski definition) is 6. The monoisotopic (exact) mass is 1010 g/mol. The maximum Gasteiger partial charge on any atom is 0.253 e. The van der Waals surface area contributed by atoms with E-state index in [1.807, 2.05) is 56.6 Å². The van der Waals surface area contributed by atoms with Crippen LogP contribution in [0.5, 0.6) is 0 Å². The number of amides is 2. The Balaban J connectivity index is 0.000000182. The normalized spacial score (nSPS) is 19.6. The van der Waals surface area contributed by atoms with Crippen LogP contribution in [0.4, 0.5) is 0 Å². The number of fused-ring (bicyclic) bond motifs is 2. The molecule has 3 fully saturated rings. The molecule has 4 aliphatic rings. The highest BCUT2D eigenvalue weighted by Crippen LogP contribution is 2.41. The van der Waals surface area contributed by atoms with E-state index < -0.39 is 0 Å². The minimum Gasteiger partial charge on any atom is -0.348 e. The number of carbonyl (C=O) groups is 2. The van der Waals surface area contributed by atoms with E-state index in [0.29, 0.717) is 34.3 Å². The molecule has 2 aliphatic heterocycles. The third-order valence-electron chi connectivity index (χ3n) is 15.6. The molecule has 8 heterocycles. The van der Waals surface area contributed by atoms with Crippen molar-refractivity contribution in [3.05, 3.63) is 120 Å². The van der Waals surface area contributed by atoms with Gasteiger partial charge in [0.25, 0.3) is 22.9 Å². The van der Waals surface area contributed by atoms with Crippen molar-refractivity contribution in [2.75, 3.05) is 0 Å². The second-order valence-corrected chi connectivity index (χ2v) is 24.5. The summed E-state index contributed by atoms with van der Waals surface area (Å²) in [6, 6.07) is 8.34. The lowest BCUT2D eigenvalue weighted by Gasteiger charge is -2.46. The van der Waals surface area contributed by atoms with Crippen LogP contribution < -0.4 is 32.4 Å². The number of nitrogens with one attached hydrogen (secondary N) is 6. The van der Waals surface area contributed by atoms with Crippen LogP contribution in [0.3, 0.4) is 0 Å². The van der Waals surface area contributed by atoms with Crippen molar-refractivity contribution < 1.29 is 9.59 Å². The summed E-state index contributed by atoms with van der Waals surface area (Å²) in [5.41, 5.74) is 9.33. The van der Waals surface area contributed by atoms with Gasteiger partial charge >= 0.3 is 0 Å². The van der Waals surface area contributed by atoms with Crippen molar-refractivity contribution in [1.29, 1.82) is 0 Å². The predicted octanol–water partition coefficient (Wildman–Crippen LogP) is 9.52. The Morgan fingerprint density at radius 1 is 0.622 bits per heavy atom. The summed E-state index contributed by atoms with van der Waals surface area (Å²) in [5.74, 6) is -0.213. The molecule has 0 unspecified atom stereocenters. The molecule has 0 aromatic carbocycles. The molecule has 74 heavy (non-hydrogen) atoms. The zero-order valence-corrected chi connectivity index (χ0v) is 45.8. The number of aryl methyl sites for hydroxylation is 4. The third-order valence-corrected chi connectivity index (χ3v) is 15.6. The van der Waals surface area contributed by atoms with E-state index in [9.17, 15) is 19.2 Å². The van der Waals surface area contributed by atoms with Gasteiger partial charge in [-0.05, 0) is 169 Å². The molecular formula is C58H78N12O4. The molecule has 0 radical (unpaired) electrons. The molecule has 6 N–H and O–H groups in total. The highest BCUT2D eigenvalue weighted by Gasteiger charge is 2.40. The summed E-state index contributed by atoms with van der Waals surface area (Å²) in [6.45, 7) is 25.5. The van der Waals surface area contributed by atoms with Gasteiger partial charge in [0.15, 0.2) is 11.3 Å². The van der Waals surface area contributed by atoms with Gasteiger partial charge in [0.2, 0.25) is 0 Å². The average molecular weight is 1010 g/mol. The molecule has 2 aliphatic carbocycles. The van der Waals surface area contributed by atoms with Gasteiger partial charge < -0.3 is 31.2 Å². The fourth-order valence-electron chi connectivity index (χ4n) is 13.0. The first kappa shape index (κ1) is 52.6. The number of aromatic nitrogens is 8. The number of rotatable bonds is 10. The van der Waals surface area contributed by atoms with Crippen LogP contribution in [0.15, 0.2) is 52.3 Å². The van der Waals surface area contributed by atoms with Crippen molar-refractivity contribution >= 4 is 39.5 Å². The highest BCUT2D eigenvalue weighted by molar-refractivity contribution is 6.06. The number of hydrogen-bond acceptors (Lipinski definition) is 10. The van der Waals surface area contributed by atoms with Gasteiger partial charge in [-0.25, -0.2) is 19.3 Å². The van der Waals surface area contributed by atoms with Crippen molar-refractivity contribution in [2.24, 2.45) is 0 Å². The molecule has 0 spiro atoms. The molecule has 6 aromatic heterocycles. The Kier molecular flexibility index (Phi) is 14.3. The maximum atomic E-state index is 13.6. The minimum atomic E-state index is -0.230. The highest BCUT2D eigenvalue weighted by atomic mass is 16.2. The molecule has 16 nitrogen and oxygen atoms in total. The van der Waals surface area contributed by atoms with E-state index in [1.165, 1.54) is 25.7 Å². The van der Waals surface area contributed by atoms with Crippen LogP contribution in [0.1, 0.15) is 210 Å². The van der Waals surface area contributed by atoms with E-state index >= 15 is 0 Å².